The molecule has 4 nitrogen and oxygen atoms in total. The number of aliphatic imine (C=N–C) groups is 1. The number of hydrogen-bond donors (Lipinski definition) is 0. The minimum atomic E-state index is 0.231. The first kappa shape index (κ1) is 18.8. The lowest BCUT2D eigenvalue weighted by Crippen LogP contribution is -1.89. The summed E-state index contributed by atoms with van der Waals surface area (Å²) in [6, 6.07) is 22.5. The number of para-hydroxylation sites is 1. The molecule has 0 bridgehead atoms. The Labute approximate surface area is 167 Å². The second kappa shape index (κ2) is 9.09. The third kappa shape index (κ3) is 5.01. The van der Waals surface area contributed by atoms with Gasteiger partial charge >= 0.3 is 0 Å². The molecule has 132 valence electrons. The number of rotatable bonds is 5. The van der Waals surface area contributed by atoms with Gasteiger partial charge in [-0.1, -0.05) is 70.8 Å². The summed E-state index contributed by atoms with van der Waals surface area (Å²) in [5.41, 5.74) is 12.8. The molecule has 3 rings (SSSR count). The third-order valence-corrected chi connectivity index (χ3v) is 4.35. The Morgan fingerprint density at radius 1 is 0.852 bits per heavy atom. The van der Waals surface area contributed by atoms with E-state index in [4.69, 9.17) is 28.7 Å². The summed E-state index contributed by atoms with van der Waals surface area (Å²) in [5, 5.41) is 4.94. The van der Waals surface area contributed by atoms with E-state index < -0.39 is 0 Å². The highest BCUT2D eigenvalue weighted by Gasteiger charge is 2.06. The van der Waals surface area contributed by atoms with Crippen LogP contribution < -0.4 is 0 Å². The quantitative estimate of drug-likeness (QED) is 0.190. The Morgan fingerprint density at radius 3 is 1.96 bits per heavy atom. The Kier molecular flexibility index (Phi) is 6.32. The van der Waals surface area contributed by atoms with Gasteiger partial charge in [0, 0.05) is 15.0 Å². The van der Waals surface area contributed by atoms with Crippen molar-refractivity contribution in [1.82, 2.24) is 0 Å². The number of azide groups is 1. The largest absolute Gasteiger partial charge is 0.205 e. The van der Waals surface area contributed by atoms with E-state index in [0.717, 1.165) is 22.3 Å². The molecule has 0 unspecified atom stereocenters. The summed E-state index contributed by atoms with van der Waals surface area (Å²) in [6.45, 7) is 0.231. The first-order valence-electron chi connectivity index (χ1n) is 8.12. The van der Waals surface area contributed by atoms with E-state index in [-0.39, 0.29) is 6.54 Å². The second-order valence-electron chi connectivity index (χ2n) is 5.63. The van der Waals surface area contributed by atoms with Crippen LogP contribution in [0.2, 0.25) is 10.0 Å². The van der Waals surface area contributed by atoms with Crippen LogP contribution in [0.3, 0.4) is 0 Å². The monoisotopic (exact) mass is 392 g/mol. The molecule has 0 aliphatic rings. The smallest absolute Gasteiger partial charge is 0.0763 e. The summed E-state index contributed by atoms with van der Waals surface area (Å²) in [5.74, 6) is 3.15. The van der Waals surface area contributed by atoms with E-state index in [1.165, 1.54) is 0 Å². The lowest BCUT2D eigenvalue weighted by atomic mass is 9.99. The van der Waals surface area contributed by atoms with Gasteiger partial charge in [-0.15, -0.1) is 0 Å². The van der Waals surface area contributed by atoms with E-state index in [2.05, 4.69) is 20.9 Å². The van der Waals surface area contributed by atoms with Gasteiger partial charge in [0.05, 0.1) is 17.8 Å². The van der Waals surface area contributed by atoms with Crippen LogP contribution in [0.25, 0.3) is 16.0 Å². The van der Waals surface area contributed by atoms with Gasteiger partial charge in [-0.3, -0.25) is 0 Å². The van der Waals surface area contributed by atoms with Crippen molar-refractivity contribution in [2.24, 2.45) is 10.1 Å². The lowest BCUT2D eigenvalue weighted by molar-refractivity contribution is 1.05. The van der Waals surface area contributed by atoms with Gasteiger partial charge in [0.1, 0.15) is 0 Å². The molecule has 0 heterocycles. The average molecular weight is 393 g/mol. The van der Waals surface area contributed by atoms with Gasteiger partial charge < -0.3 is 0 Å². The van der Waals surface area contributed by atoms with Gasteiger partial charge in [-0.2, -0.15) is 0 Å². The van der Waals surface area contributed by atoms with Crippen molar-refractivity contribution >= 4 is 40.3 Å². The molecule has 0 spiro atoms. The van der Waals surface area contributed by atoms with Crippen molar-refractivity contribution in [2.75, 3.05) is 0 Å². The molecule has 0 aromatic heterocycles. The van der Waals surface area contributed by atoms with Crippen molar-refractivity contribution in [3.05, 3.63) is 110 Å². The number of halogens is 2. The molecule has 0 saturated carbocycles. The molecule has 0 aliphatic carbocycles. The van der Waals surface area contributed by atoms with E-state index in [1.807, 2.05) is 72.8 Å². The van der Waals surface area contributed by atoms with Crippen LogP contribution in [0.4, 0.5) is 5.69 Å². The topological polar surface area (TPSA) is 61.1 Å². The maximum atomic E-state index is 8.57. The van der Waals surface area contributed by atoms with Crippen LogP contribution in [-0.2, 0) is 6.54 Å². The third-order valence-electron chi connectivity index (χ3n) is 3.85. The first-order chi connectivity index (χ1) is 13.2. The molecule has 0 N–H and O–H groups in total. The molecule has 3 aromatic carbocycles. The van der Waals surface area contributed by atoms with Crippen LogP contribution in [0, 0.1) is 0 Å². The predicted molar refractivity (Wildman–Crippen MR) is 112 cm³/mol. The molecule has 6 heteroatoms. The van der Waals surface area contributed by atoms with Gasteiger partial charge in [0.15, 0.2) is 0 Å². The van der Waals surface area contributed by atoms with Crippen molar-refractivity contribution in [1.29, 1.82) is 0 Å². The Balaban J connectivity index is 2.12. The Hall–Kier alpha value is -3.00. The van der Waals surface area contributed by atoms with Crippen molar-refractivity contribution in [3.8, 4) is 0 Å². The van der Waals surface area contributed by atoms with Crippen LogP contribution in [0.5, 0.6) is 0 Å². The fraction of sp³-hybridized carbons (Fsp3) is 0.0476. The summed E-state index contributed by atoms with van der Waals surface area (Å²) in [6.07, 6.45) is 0. The summed E-state index contributed by atoms with van der Waals surface area (Å²) < 4.78 is 0. The molecule has 3 aromatic rings. The second-order valence-corrected chi connectivity index (χ2v) is 6.50. The van der Waals surface area contributed by atoms with Crippen LogP contribution >= 0.6 is 23.2 Å². The van der Waals surface area contributed by atoms with Gasteiger partial charge in [-0.05, 0) is 58.4 Å². The zero-order valence-electron chi connectivity index (χ0n) is 14.2. The molecule has 0 atom stereocenters. The minimum Gasteiger partial charge on any atom is -0.205 e. The molecule has 27 heavy (non-hydrogen) atoms. The molecule has 0 radical (unpaired) electrons. The number of hydrogen-bond acceptors (Lipinski definition) is 2. The SMILES string of the molecule is [N-]=[N+]=NCc1ccccc1N=C=C(c1ccc(Cl)cc1)c1ccc(Cl)cc1. The molecule has 0 aliphatic heterocycles. The molecular weight excluding hydrogens is 379 g/mol. The molecule has 0 saturated heterocycles. The number of nitrogens with zero attached hydrogens (tertiary/aromatic N) is 4. The van der Waals surface area contributed by atoms with E-state index in [9.17, 15) is 0 Å². The van der Waals surface area contributed by atoms with Crippen LogP contribution in [-0.4, -0.2) is 5.87 Å². The highest BCUT2D eigenvalue weighted by molar-refractivity contribution is 6.31. The zero-order chi connectivity index (χ0) is 19.1. The fourth-order valence-electron chi connectivity index (χ4n) is 2.51. The highest BCUT2D eigenvalue weighted by Crippen LogP contribution is 2.25. The summed E-state index contributed by atoms with van der Waals surface area (Å²) >= 11 is 12.0. The molecule has 0 fully saturated rings. The predicted octanol–water partition coefficient (Wildman–Crippen LogP) is 7.24. The van der Waals surface area contributed by atoms with E-state index in [0.29, 0.717) is 15.7 Å². The molecular formula is C21H14Cl2N4. The normalized spacial score (nSPS) is 9.85. The van der Waals surface area contributed by atoms with Crippen LogP contribution in [0.15, 0.2) is 82.9 Å². The number of benzene rings is 3. The summed E-state index contributed by atoms with van der Waals surface area (Å²) in [4.78, 5) is 7.33. The standard InChI is InChI=1S/C21H14Cl2N4/c22-18-9-5-15(6-10-18)20(16-7-11-19(23)12-8-16)14-25-21-4-2-1-3-17(21)13-26-27-24/h1-12H,13H2. The molecule has 0 amide bonds. The van der Waals surface area contributed by atoms with Crippen LogP contribution in [0.1, 0.15) is 16.7 Å². The van der Waals surface area contributed by atoms with Crippen molar-refractivity contribution in [2.45, 2.75) is 6.54 Å². The maximum absolute atomic E-state index is 8.57. The maximum Gasteiger partial charge on any atom is 0.0763 e. The zero-order valence-corrected chi connectivity index (χ0v) is 15.7. The van der Waals surface area contributed by atoms with Gasteiger partial charge in [-0.25, -0.2) is 4.99 Å². The van der Waals surface area contributed by atoms with E-state index in [1.54, 1.807) is 0 Å². The first-order valence-corrected chi connectivity index (χ1v) is 8.87. The van der Waals surface area contributed by atoms with Gasteiger partial charge in [0.2, 0.25) is 0 Å². The average Bonchev–Trinajstić information content (AvgIpc) is 2.70. The minimum absolute atomic E-state index is 0.231. The van der Waals surface area contributed by atoms with Gasteiger partial charge in [0.25, 0.3) is 0 Å². The van der Waals surface area contributed by atoms with Crippen molar-refractivity contribution < 1.29 is 0 Å². The highest BCUT2D eigenvalue weighted by atomic mass is 35.5. The fourth-order valence-corrected chi connectivity index (χ4v) is 2.76. The Morgan fingerprint density at radius 2 is 1.41 bits per heavy atom. The lowest BCUT2D eigenvalue weighted by Gasteiger charge is -2.06. The summed E-state index contributed by atoms with van der Waals surface area (Å²) in [7, 11) is 0. The van der Waals surface area contributed by atoms with Crippen molar-refractivity contribution in [3.63, 3.8) is 0 Å². The van der Waals surface area contributed by atoms with E-state index >= 15 is 0 Å². The Bertz CT molecular complexity index is 997.